The molecule has 0 aromatic heterocycles. The zero-order chi connectivity index (χ0) is 8.23. The van der Waals surface area contributed by atoms with E-state index < -0.39 is 0 Å². The third kappa shape index (κ3) is 1.24. The van der Waals surface area contributed by atoms with Crippen molar-refractivity contribution in [1.82, 2.24) is 0 Å². The van der Waals surface area contributed by atoms with Crippen LogP contribution in [0, 0.1) is 16.7 Å². The average molecular weight is 202 g/mol. The molecule has 0 aromatic carbocycles. The third-order valence-electron chi connectivity index (χ3n) is 4.69. The molecule has 0 atom stereocenters. The second-order valence-corrected chi connectivity index (χ2v) is 5.72. The molecule has 0 aromatic rings. The van der Waals surface area contributed by atoms with Crippen molar-refractivity contribution in [3.8, 4) is 0 Å². The summed E-state index contributed by atoms with van der Waals surface area (Å²) in [5, 5.41) is 0. The standard InChI is InChI=1S/C11H19N.ClH/c12-6-9-4-11(5-9)7-10(8-11)2-1-3-10;/h9H,1-8,12H2;1H. The molecule has 0 unspecified atom stereocenters. The lowest BCUT2D eigenvalue weighted by Crippen LogP contribution is -2.57. The van der Waals surface area contributed by atoms with Crippen LogP contribution in [-0.4, -0.2) is 6.54 Å². The molecule has 2 heteroatoms. The SMILES string of the molecule is Cl.NCC1CC2(C1)CC1(CCC1)C2. The first-order valence-corrected chi connectivity index (χ1v) is 5.46. The quantitative estimate of drug-likeness (QED) is 0.694. The molecule has 1 nitrogen and oxygen atoms in total. The van der Waals surface area contributed by atoms with Crippen LogP contribution in [0.1, 0.15) is 44.9 Å². The first kappa shape index (κ1) is 9.79. The Kier molecular flexibility index (Phi) is 2.16. The Bertz CT molecular complexity index is 194. The van der Waals surface area contributed by atoms with Gasteiger partial charge in [-0.15, -0.1) is 12.4 Å². The van der Waals surface area contributed by atoms with Crippen molar-refractivity contribution in [3.05, 3.63) is 0 Å². The first-order chi connectivity index (χ1) is 5.76. The van der Waals surface area contributed by atoms with Crippen molar-refractivity contribution >= 4 is 12.4 Å². The Hall–Kier alpha value is 0.250. The molecule has 0 aliphatic heterocycles. The molecule has 3 fully saturated rings. The summed E-state index contributed by atoms with van der Waals surface area (Å²) in [6, 6.07) is 0. The van der Waals surface area contributed by atoms with Gasteiger partial charge in [0, 0.05) is 0 Å². The second-order valence-electron chi connectivity index (χ2n) is 5.72. The van der Waals surface area contributed by atoms with Gasteiger partial charge in [0.25, 0.3) is 0 Å². The van der Waals surface area contributed by atoms with E-state index in [0.29, 0.717) is 0 Å². The predicted molar refractivity (Wildman–Crippen MR) is 57.0 cm³/mol. The Labute approximate surface area is 86.9 Å². The third-order valence-corrected chi connectivity index (χ3v) is 4.69. The molecule has 3 aliphatic rings. The van der Waals surface area contributed by atoms with Crippen molar-refractivity contribution in [3.63, 3.8) is 0 Å². The van der Waals surface area contributed by atoms with E-state index in [-0.39, 0.29) is 12.4 Å². The van der Waals surface area contributed by atoms with Gasteiger partial charge in [0.05, 0.1) is 0 Å². The predicted octanol–water partition coefficient (Wildman–Crippen LogP) is 2.73. The van der Waals surface area contributed by atoms with Gasteiger partial charge in [-0.2, -0.15) is 0 Å². The highest BCUT2D eigenvalue weighted by Gasteiger charge is 2.60. The van der Waals surface area contributed by atoms with Gasteiger partial charge >= 0.3 is 0 Å². The molecular formula is C11H20ClN. The minimum absolute atomic E-state index is 0. The molecule has 0 bridgehead atoms. The molecule has 0 heterocycles. The summed E-state index contributed by atoms with van der Waals surface area (Å²) in [5.74, 6) is 0.891. The van der Waals surface area contributed by atoms with Crippen molar-refractivity contribution in [2.75, 3.05) is 6.54 Å². The minimum atomic E-state index is 0. The van der Waals surface area contributed by atoms with E-state index in [4.69, 9.17) is 5.73 Å². The molecular weight excluding hydrogens is 182 g/mol. The Morgan fingerprint density at radius 1 is 1.08 bits per heavy atom. The van der Waals surface area contributed by atoms with Crippen LogP contribution in [0.4, 0.5) is 0 Å². The average Bonchev–Trinajstić information content (AvgIpc) is 1.78. The smallest absolute Gasteiger partial charge is 0.00485 e. The highest BCUT2D eigenvalue weighted by atomic mass is 35.5. The van der Waals surface area contributed by atoms with E-state index in [1.54, 1.807) is 25.7 Å². The van der Waals surface area contributed by atoms with Crippen LogP contribution in [0.25, 0.3) is 0 Å². The number of nitrogens with two attached hydrogens (primary N) is 1. The van der Waals surface area contributed by atoms with Crippen molar-refractivity contribution in [2.45, 2.75) is 44.9 Å². The molecule has 0 saturated heterocycles. The van der Waals surface area contributed by atoms with Crippen molar-refractivity contribution < 1.29 is 0 Å². The fraction of sp³-hybridized carbons (Fsp3) is 1.00. The summed E-state index contributed by atoms with van der Waals surface area (Å²) >= 11 is 0. The van der Waals surface area contributed by atoms with Crippen LogP contribution in [0.3, 0.4) is 0 Å². The van der Waals surface area contributed by atoms with Gasteiger partial charge in [0.1, 0.15) is 0 Å². The molecule has 0 radical (unpaired) electrons. The summed E-state index contributed by atoms with van der Waals surface area (Å²) in [5.41, 5.74) is 7.35. The number of rotatable bonds is 1. The maximum atomic E-state index is 5.65. The van der Waals surface area contributed by atoms with Gasteiger partial charge in [-0.1, -0.05) is 6.42 Å². The van der Waals surface area contributed by atoms with Crippen LogP contribution in [0.15, 0.2) is 0 Å². The number of hydrogen-bond donors (Lipinski definition) is 1. The molecule has 3 aliphatic carbocycles. The second kappa shape index (κ2) is 2.87. The van der Waals surface area contributed by atoms with Crippen LogP contribution in [0.5, 0.6) is 0 Å². The summed E-state index contributed by atoms with van der Waals surface area (Å²) in [6.45, 7) is 0.939. The topological polar surface area (TPSA) is 26.0 Å². The number of hydrogen-bond acceptors (Lipinski definition) is 1. The largest absolute Gasteiger partial charge is 0.330 e. The van der Waals surface area contributed by atoms with Gasteiger partial charge in [-0.05, 0) is 61.8 Å². The van der Waals surface area contributed by atoms with Crippen LogP contribution >= 0.6 is 12.4 Å². The summed E-state index contributed by atoms with van der Waals surface area (Å²) in [4.78, 5) is 0. The zero-order valence-electron chi connectivity index (χ0n) is 8.22. The van der Waals surface area contributed by atoms with E-state index >= 15 is 0 Å². The van der Waals surface area contributed by atoms with E-state index in [9.17, 15) is 0 Å². The Morgan fingerprint density at radius 2 is 1.69 bits per heavy atom. The fourth-order valence-corrected chi connectivity index (χ4v) is 4.19. The molecule has 3 saturated carbocycles. The van der Waals surface area contributed by atoms with Gasteiger partial charge in [0.15, 0.2) is 0 Å². The van der Waals surface area contributed by atoms with Crippen LogP contribution in [0.2, 0.25) is 0 Å². The van der Waals surface area contributed by atoms with E-state index in [0.717, 1.165) is 23.3 Å². The lowest BCUT2D eigenvalue weighted by atomic mass is 9.38. The summed E-state index contributed by atoms with van der Waals surface area (Å²) in [6.07, 6.45) is 10.7. The normalized spacial score (nSPS) is 33.0. The fourth-order valence-electron chi connectivity index (χ4n) is 4.19. The van der Waals surface area contributed by atoms with Crippen LogP contribution < -0.4 is 5.73 Å². The molecule has 2 N–H and O–H groups in total. The van der Waals surface area contributed by atoms with Gasteiger partial charge in [-0.3, -0.25) is 0 Å². The zero-order valence-corrected chi connectivity index (χ0v) is 9.04. The van der Waals surface area contributed by atoms with Crippen molar-refractivity contribution in [2.24, 2.45) is 22.5 Å². The molecule has 76 valence electrons. The highest BCUT2D eigenvalue weighted by molar-refractivity contribution is 5.85. The Morgan fingerprint density at radius 3 is 2.08 bits per heavy atom. The molecule has 0 amide bonds. The summed E-state index contributed by atoms with van der Waals surface area (Å²) in [7, 11) is 0. The van der Waals surface area contributed by atoms with Crippen molar-refractivity contribution in [1.29, 1.82) is 0 Å². The van der Waals surface area contributed by atoms with Gasteiger partial charge in [0.2, 0.25) is 0 Å². The maximum Gasteiger partial charge on any atom is -0.00485 e. The van der Waals surface area contributed by atoms with Gasteiger partial charge < -0.3 is 5.73 Å². The Balaban J connectivity index is 0.000000653. The first-order valence-electron chi connectivity index (χ1n) is 5.46. The van der Waals surface area contributed by atoms with E-state index in [1.807, 2.05) is 0 Å². The van der Waals surface area contributed by atoms with E-state index in [1.165, 1.54) is 19.3 Å². The number of halogens is 1. The highest BCUT2D eigenvalue weighted by Crippen LogP contribution is 2.71. The monoisotopic (exact) mass is 201 g/mol. The van der Waals surface area contributed by atoms with E-state index in [2.05, 4.69) is 0 Å². The molecule has 13 heavy (non-hydrogen) atoms. The molecule has 2 spiro atoms. The lowest BCUT2D eigenvalue weighted by Gasteiger charge is -2.67. The minimum Gasteiger partial charge on any atom is -0.330 e. The van der Waals surface area contributed by atoms with Gasteiger partial charge in [-0.25, -0.2) is 0 Å². The maximum absolute atomic E-state index is 5.65. The summed E-state index contributed by atoms with van der Waals surface area (Å²) < 4.78 is 0. The molecule has 3 rings (SSSR count). The lowest BCUT2D eigenvalue weighted by molar-refractivity contribution is -0.160. The van der Waals surface area contributed by atoms with Crippen LogP contribution in [-0.2, 0) is 0 Å².